The van der Waals surface area contributed by atoms with Gasteiger partial charge in [-0.3, -0.25) is 4.90 Å². The van der Waals surface area contributed by atoms with Crippen molar-refractivity contribution >= 4 is 23.3 Å². The van der Waals surface area contributed by atoms with E-state index in [0.29, 0.717) is 41.7 Å². The van der Waals surface area contributed by atoms with Crippen LogP contribution in [0.1, 0.15) is 61.6 Å². The molecule has 1 aliphatic carbocycles. The number of hydrogen-bond acceptors (Lipinski definition) is 8. The molecule has 0 saturated heterocycles. The van der Waals surface area contributed by atoms with E-state index in [1.807, 2.05) is 25.1 Å². The van der Waals surface area contributed by atoms with Crippen molar-refractivity contribution in [2.24, 2.45) is 0 Å². The van der Waals surface area contributed by atoms with Gasteiger partial charge in [0.15, 0.2) is 5.82 Å². The summed E-state index contributed by atoms with van der Waals surface area (Å²) in [5.41, 5.74) is 4.72. The molecule has 0 saturated carbocycles. The van der Waals surface area contributed by atoms with E-state index >= 15 is 0 Å². The number of aromatic nitrogens is 3. The second-order valence-corrected chi connectivity index (χ2v) is 10.0. The summed E-state index contributed by atoms with van der Waals surface area (Å²) in [5.74, 6) is 1.31. The Hall–Kier alpha value is -3.54. The van der Waals surface area contributed by atoms with Gasteiger partial charge in [0.2, 0.25) is 5.95 Å². The number of nitrogens with one attached hydrogen (secondary N) is 2. The summed E-state index contributed by atoms with van der Waals surface area (Å²) >= 11 is 0. The minimum Gasteiger partial charge on any atom is -0.384 e. The molecule has 1 aliphatic heterocycles. The zero-order valence-electron chi connectivity index (χ0n) is 20.7. The van der Waals surface area contributed by atoms with E-state index in [2.05, 4.69) is 69.6 Å². The van der Waals surface area contributed by atoms with Crippen LogP contribution in [0.2, 0.25) is 0 Å². The summed E-state index contributed by atoms with van der Waals surface area (Å²) in [6.45, 7) is 7.46. The summed E-state index contributed by atoms with van der Waals surface area (Å²) in [4.78, 5) is 16.0. The van der Waals surface area contributed by atoms with Crippen molar-refractivity contribution in [1.29, 1.82) is 5.26 Å². The van der Waals surface area contributed by atoms with Gasteiger partial charge in [-0.05, 0) is 81.5 Å². The molecule has 180 valence electrons. The summed E-state index contributed by atoms with van der Waals surface area (Å²) in [5, 5.41) is 27.0. The Morgan fingerprint density at radius 2 is 1.94 bits per heavy atom. The quantitative estimate of drug-likeness (QED) is 0.501. The Bertz CT molecular complexity index is 1330. The van der Waals surface area contributed by atoms with Gasteiger partial charge in [-0.1, -0.05) is 19.1 Å². The normalized spacial score (nSPS) is 20.6. The first-order valence-corrected chi connectivity index (χ1v) is 12.1. The highest BCUT2D eigenvalue weighted by Crippen LogP contribution is 2.39. The summed E-state index contributed by atoms with van der Waals surface area (Å²) in [7, 11) is 2.16. The maximum Gasteiger partial charge on any atom is 0.229 e. The average Bonchev–Trinajstić information content (AvgIpc) is 3.18. The minimum atomic E-state index is -0.903. The number of rotatable bonds is 5. The first kappa shape index (κ1) is 23.2. The standard InChI is InChI=1S/C27H31N7O/c1-5-27(35)12-10-17-6-9-22(31-23(17)27)32-24-19(15-28)16-29-25(33-24)30-20-7-8-21-18(14-20)11-13-34(4)26(21,2)3/h6-9,14,16,35H,5,10-13H2,1-4H3,(H2,29,30,31,32,33)/t27-/m0/s1. The van der Waals surface area contributed by atoms with E-state index in [1.165, 1.54) is 17.3 Å². The number of nitrogens with zero attached hydrogens (tertiary/aromatic N) is 5. The van der Waals surface area contributed by atoms with Crippen LogP contribution in [0.3, 0.4) is 0 Å². The molecular formula is C27H31N7O. The Morgan fingerprint density at radius 3 is 2.71 bits per heavy atom. The van der Waals surface area contributed by atoms with Crippen LogP contribution in [-0.2, 0) is 24.0 Å². The van der Waals surface area contributed by atoms with Crippen LogP contribution in [0.4, 0.5) is 23.3 Å². The van der Waals surface area contributed by atoms with Crippen LogP contribution in [-0.4, -0.2) is 38.6 Å². The number of likely N-dealkylation sites (N-methyl/N-ethyl adjacent to an activating group) is 1. The molecule has 3 heterocycles. The molecule has 5 rings (SSSR count). The molecule has 0 fully saturated rings. The molecule has 0 spiro atoms. The predicted molar refractivity (Wildman–Crippen MR) is 136 cm³/mol. The number of fused-ring (bicyclic) bond motifs is 2. The number of benzene rings is 1. The van der Waals surface area contributed by atoms with E-state index in [9.17, 15) is 10.4 Å². The number of aliphatic hydroxyl groups is 1. The zero-order valence-corrected chi connectivity index (χ0v) is 20.7. The maximum absolute atomic E-state index is 10.9. The van der Waals surface area contributed by atoms with E-state index in [4.69, 9.17) is 0 Å². The summed E-state index contributed by atoms with van der Waals surface area (Å²) in [6, 6.07) is 12.4. The molecule has 0 amide bonds. The van der Waals surface area contributed by atoms with Crippen molar-refractivity contribution in [3.63, 3.8) is 0 Å². The predicted octanol–water partition coefficient (Wildman–Crippen LogP) is 4.50. The lowest BCUT2D eigenvalue weighted by Gasteiger charge is -2.41. The number of nitriles is 1. The second kappa shape index (κ2) is 8.59. The van der Waals surface area contributed by atoms with Crippen molar-refractivity contribution in [2.75, 3.05) is 24.2 Å². The monoisotopic (exact) mass is 469 g/mol. The highest BCUT2D eigenvalue weighted by molar-refractivity contribution is 5.64. The molecule has 35 heavy (non-hydrogen) atoms. The first-order valence-electron chi connectivity index (χ1n) is 12.1. The molecule has 2 aromatic heterocycles. The molecule has 1 atom stereocenters. The van der Waals surface area contributed by atoms with Crippen molar-refractivity contribution in [3.05, 3.63) is 64.5 Å². The van der Waals surface area contributed by atoms with Gasteiger partial charge < -0.3 is 15.7 Å². The van der Waals surface area contributed by atoms with Crippen LogP contribution >= 0.6 is 0 Å². The van der Waals surface area contributed by atoms with Crippen molar-refractivity contribution in [1.82, 2.24) is 19.9 Å². The van der Waals surface area contributed by atoms with E-state index in [1.54, 1.807) is 0 Å². The molecule has 0 unspecified atom stereocenters. The van der Waals surface area contributed by atoms with E-state index < -0.39 is 5.60 Å². The Kier molecular flexibility index (Phi) is 5.70. The number of aryl methyl sites for hydroxylation is 1. The van der Waals surface area contributed by atoms with Gasteiger partial charge in [0.25, 0.3) is 0 Å². The first-order chi connectivity index (χ1) is 16.7. The highest BCUT2D eigenvalue weighted by Gasteiger charge is 2.37. The molecule has 2 aliphatic rings. The Balaban J connectivity index is 1.41. The average molecular weight is 470 g/mol. The fourth-order valence-corrected chi connectivity index (χ4v) is 5.08. The fourth-order valence-electron chi connectivity index (χ4n) is 5.08. The molecule has 8 nitrogen and oxygen atoms in total. The highest BCUT2D eigenvalue weighted by atomic mass is 16.3. The van der Waals surface area contributed by atoms with Crippen LogP contribution in [0.5, 0.6) is 0 Å². The molecule has 0 bridgehead atoms. The van der Waals surface area contributed by atoms with Gasteiger partial charge in [-0.25, -0.2) is 9.97 Å². The van der Waals surface area contributed by atoms with E-state index in [0.717, 1.165) is 30.6 Å². The van der Waals surface area contributed by atoms with Gasteiger partial charge in [0, 0.05) is 17.8 Å². The summed E-state index contributed by atoms with van der Waals surface area (Å²) in [6.07, 6.45) is 4.58. The lowest BCUT2D eigenvalue weighted by molar-refractivity contribution is 0.0307. The topological polar surface area (TPSA) is 110 Å². The summed E-state index contributed by atoms with van der Waals surface area (Å²) < 4.78 is 0. The van der Waals surface area contributed by atoms with Crippen molar-refractivity contribution in [2.45, 2.75) is 57.6 Å². The van der Waals surface area contributed by atoms with Crippen LogP contribution in [0, 0.1) is 11.3 Å². The van der Waals surface area contributed by atoms with Gasteiger partial charge in [0.05, 0.1) is 11.9 Å². The molecule has 3 N–H and O–H groups in total. The number of pyridine rings is 1. The Morgan fingerprint density at radius 1 is 1.11 bits per heavy atom. The third-order valence-electron chi connectivity index (χ3n) is 7.66. The van der Waals surface area contributed by atoms with Crippen molar-refractivity contribution < 1.29 is 5.11 Å². The number of hydrogen-bond donors (Lipinski definition) is 3. The van der Waals surface area contributed by atoms with Crippen LogP contribution in [0.25, 0.3) is 0 Å². The minimum absolute atomic E-state index is 0.0130. The molecule has 1 aromatic carbocycles. The van der Waals surface area contributed by atoms with Crippen molar-refractivity contribution in [3.8, 4) is 6.07 Å². The maximum atomic E-state index is 10.9. The molecular weight excluding hydrogens is 438 g/mol. The largest absolute Gasteiger partial charge is 0.384 e. The van der Waals surface area contributed by atoms with Crippen LogP contribution in [0.15, 0.2) is 36.5 Å². The van der Waals surface area contributed by atoms with Gasteiger partial charge in [-0.15, -0.1) is 0 Å². The SMILES string of the molecule is CC[C@]1(O)CCc2ccc(Nc3nc(Nc4ccc5c(c4)CCN(C)C5(C)C)ncc3C#N)nc21. The van der Waals surface area contributed by atoms with Crippen LogP contribution < -0.4 is 10.6 Å². The lowest BCUT2D eigenvalue weighted by Crippen LogP contribution is -2.43. The molecule has 3 aromatic rings. The van der Waals surface area contributed by atoms with Gasteiger partial charge >= 0.3 is 0 Å². The zero-order chi connectivity index (χ0) is 24.8. The van der Waals surface area contributed by atoms with E-state index in [-0.39, 0.29) is 5.54 Å². The molecule has 8 heteroatoms. The third kappa shape index (κ3) is 4.11. The third-order valence-corrected chi connectivity index (χ3v) is 7.66. The fraction of sp³-hybridized carbons (Fsp3) is 0.407. The van der Waals surface area contributed by atoms with Gasteiger partial charge in [-0.2, -0.15) is 10.2 Å². The number of anilines is 4. The smallest absolute Gasteiger partial charge is 0.229 e. The Labute approximate surface area is 206 Å². The lowest BCUT2D eigenvalue weighted by atomic mass is 9.83. The molecule has 0 radical (unpaired) electrons. The van der Waals surface area contributed by atoms with Gasteiger partial charge in [0.1, 0.15) is 23.1 Å². The second-order valence-electron chi connectivity index (χ2n) is 10.0.